The molecule has 0 saturated heterocycles. The highest BCUT2D eigenvalue weighted by Gasteiger charge is 2.16. The molecule has 2 aromatic rings. The number of pyridine rings is 1. The van der Waals surface area contributed by atoms with Gasteiger partial charge in [-0.25, -0.2) is 9.97 Å². The summed E-state index contributed by atoms with van der Waals surface area (Å²) in [6.07, 6.45) is 5.80. The van der Waals surface area contributed by atoms with Gasteiger partial charge in [0.1, 0.15) is 11.5 Å². The molecule has 0 fully saturated rings. The van der Waals surface area contributed by atoms with Crippen LogP contribution in [-0.2, 0) is 0 Å². The zero-order valence-electron chi connectivity index (χ0n) is 11.0. The number of hydrogen-bond donors (Lipinski definition) is 3. The van der Waals surface area contributed by atoms with Gasteiger partial charge in [0.2, 0.25) is 0 Å². The second-order valence-corrected chi connectivity index (χ2v) is 4.09. The molecule has 0 aliphatic heterocycles. The summed E-state index contributed by atoms with van der Waals surface area (Å²) in [7, 11) is 1.81. The fourth-order valence-electron chi connectivity index (χ4n) is 1.74. The van der Waals surface area contributed by atoms with Crippen molar-refractivity contribution in [1.29, 1.82) is 0 Å². The van der Waals surface area contributed by atoms with Crippen LogP contribution in [0.4, 0.5) is 5.69 Å². The quantitative estimate of drug-likeness (QED) is 0.763. The minimum atomic E-state index is -0.203. The standard InChI is InChI=1S/C13H17N5O/c1-3-10(12-15-6-7-16-12)18-13(19)11-5-4-9(14-2)8-17-11/h4-8,10,14H,3H2,1-2H3,(H,15,16)(H,18,19). The molecular weight excluding hydrogens is 242 g/mol. The molecule has 6 heteroatoms. The maximum absolute atomic E-state index is 12.1. The third-order valence-corrected chi connectivity index (χ3v) is 2.85. The molecular formula is C13H17N5O. The van der Waals surface area contributed by atoms with Gasteiger partial charge < -0.3 is 15.6 Å². The molecule has 6 nitrogen and oxygen atoms in total. The lowest BCUT2D eigenvalue weighted by atomic mass is 10.2. The van der Waals surface area contributed by atoms with E-state index >= 15 is 0 Å². The first-order chi connectivity index (χ1) is 9.24. The highest BCUT2D eigenvalue weighted by Crippen LogP contribution is 2.12. The molecule has 0 saturated carbocycles. The van der Waals surface area contributed by atoms with Crippen LogP contribution in [-0.4, -0.2) is 27.9 Å². The Labute approximate surface area is 111 Å². The topological polar surface area (TPSA) is 82.7 Å². The number of carbonyl (C=O) groups excluding carboxylic acids is 1. The molecule has 1 unspecified atom stereocenters. The molecule has 2 heterocycles. The highest BCUT2D eigenvalue weighted by molar-refractivity contribution is 5.92. The summed E-state index contributed by atoms with van der Waals surface area (Å²) in [4.78, 5) is 23.4. The average Bonchev–Trinajstić information content (AvgIpc) is 2.98. The molecule has 3 N–H and O–H groups in total. The average molecular weight is 259 g/mol. The van der Waals surface area contributed by atoms with Crippen LogP contribution in [0.3, 0.4) is 0 Å². The van der Waals surface area contributed by atoms with Crippen molar-refractivity contribution in [3.8, 4) is 0 Å². The Bertz CT molecular complexity index is 520. The van der Waals surface area contributed by atoms with Crippen LogP contribution in [0.25, 0.3) is 0 Å². The molecule has 2 aromatic heterocycles. The number of aromatic nitrogens is 3. The first kappa shape index (κ1) is 13.1. The van der Waals surface area contributed by atoms with Gasteiger partial charge in [-0.3, -0.25) is 4.79 Å². The molecule has 1 atom stereocenters. The third kappa shape index (κ3) is 3.09. The highest BCUT2D eigenvalue weighted by atomic mass is 16.1. The Morgan fingerprint density at radius 1 is 1.42 bits per heavy atom. The van der Waals surface area contributed by atoms with Gasteiger partial charge in [-0.1, -0.05) is 6.92 Å². The van der Waals surface area contributed by atoms with E-state index in [0.717, 1.165) is 17.9 Å². The predicted octanol–water partition coefficient (Wildman–Crippen LogP) is 1.73. The van der Waals surface area contributed by atoms with Crippen molar-refractivity contribution in [2.75, 3.05) is 12.4 Å². The summed E-state index contributed by atoms with van der Waals surface area (Å²) in [5.74, 6) is 0.550. The molecule has 0 aromatic carbocycles. The SMILES string of the molecule is CCC(NC(=O)c1ccc(NC)cn1)c1ncc[nH]1. The number of carbonyl (C=O) groups is 1. The Hall–Kier alpha value is -2.37. The van der Waals surface area contributed by atoms with Crippen molar-refractivity contribution in [3.63, 3.8) is 0 Å². The molecule has 0 aliphatic rings. The molecule has 0 bridgehead atoms. The van der Waals surface area contributed by atoms with E-state index in [2.05, 4.69) is 25.6 Å². The number of imidazole rings is 1. The molecule has 0 radical (unpaired) electrons. The zero-order chi connectivity index (χ0) is 13.7. The largest absolute Gasteiger partial charge is 0.387 e. The van der Waals surface area contributed by atoms with Crippen molar-refractivity contribution in [2.24, 2.45) is 0 Å². The first-order valence-electron chi connectivity index (χ1n) is 6.18. The maximum atomic E-state index is 12.1. The van der Waals surface area contributed by atoms with Crippen LogP contribution in [0, 0.1) is 0 Å². The van der Waals surface area contributed by atoms with E-state index in [-0.39, 0.29) is 11.9 Å². The minimum absolute atomic E-state index is 0.131. The van der Waals surface area contributed by atoms with Gasteiger partial charge >= 0.3 is 0 Å². The minimum Gasteiger partial charge on any atom is -0.387 e. The Morgan fingerprint density at radius 3 is 2.79 bits per heavy atom. The Morgan fingerprint density at radius 2 is 2.26 bits per heavy atom. The monoisotopic (exact) mass is 259 g/mol. The van der Waals surface area contributed by atoms with E-state index in [0.29, 0.717) is 5.69 Å². The van der Waals surface area contributed by atoms with E-state index in [1.807, 2.05) is 13.0 Å². The van der Waals surface area contributed by atoms with Crippen molar-refractivity contribution in [1.82, 2.24) is 20.3 Å². The van der Waals surface area contributed by atoms with Gasteiger partial charge in [0.15, 0.2) is 0 Å². The van der Waals surface area contributed by atoms with Gasteiger partial charge in [-0.05, 0) is 18.6 Å². The van der Waals surface area contributed by atoms with Crippen molar-refractivity contribution < 1.29 is 4.79 Å². The summed E-state index contributed by atoms with van der Waals surface area (Å²) < 4.78 is 0. The molecule has 1 amide bonds. The number of H-pyrrole nitrogens is 1. The zero-order valence-corrected chi connectivity index (χ0v) is 11.0. The van der Waals surface area contributed by atoms with Crippen molar-refractivity contribution >= 4 is 11.6 Å². The number of nitrogens with zero attached hydrogens (tertiary/aromatic N) is 2. The van der Waals surface area contributed by atoms with Crippen LogP contribution >= 0.6 is 0 Å². The lowest BCUT2D eigenvalue weighted by Gasteiger charge is -2.14. The molecule has 100 valence electrons. The van der Waals surface area contributed by atoms with Gasteiger partial charge in [0.25, 0.3) is 5.91 Å². The summed E-state index contributed by atoms with van der Waals surface area (Å²) in [5.41, 5.74) is 1.26. The van der Waals surface area contributed by atoms with E-state index in [1.165, 1.54) is 0 Å². The summed E-state index contributed by atoms with van der Waals surface area (Å²) in [6.45, 7) is 1.99. The molecule has 0 spiro atoms. The number of anilines is 1. The maximum Gasteiger partial charge on any atom is 0.270 e. The number of aromatic amines is 1. The summed E-state index contributed by atoms with van der Waals surface area (Å²) >= 11 is 0. The second-order valence-electron chi connectivity index (χ2n) is 4.09. The number of rotatable bonds is 5. The van der Waals surface area contributed by atoms with E-state index in [9.17, 15) is 4.79 Å². The molecule has 0 aliphatic carbocycles. The lowest BCUT2D eigenvalue weighted by Crippen LogP contribution is -2.29. The fraction of sp³-hybridized carbons (Fsp3) is 0.308. The predicted molar refractivity (Wildman–Crippen MR) is 72.9 cm³/mol. The molecule has 19 heavy (non-hydrogen) atoms. The first-order valence-corrected chi connectivity index (χ1v) is 6.18. The number of hydrogen-bond acceptors (Lipinski definition) is 4. The van der Waals surface area contributed by atoms with E-state index in [4.69, 9.17) is 0 Å². The number of nitrogens with one attached hydrogen (secondary N) is 3. The van der Waals surface area contributed by atoms with Crippen LogP contribution in [0.2, 0.25) is 0 Å². The fourth-order valence-corrected chi connectivity index (χ4v) is 1.74. The van der Waals surface area contributed by atoms with E-state index < -0.39 is 0 Å². The van der Waals surface area contributed by atoms with Gasteiger partial charge in [0, 0.05) is 19.4 Å². The van der Waals surface area contributed by atoms with E-state index in [1.54, 1.807) is 31.7 Å². The van der Waals surface area contributed by atoms with Crippen molar-refractivity contribution in [2.45, 2.75) is 19.4 Å². The van der Waals surface area contributed by atoms with Crippen LogP contribution in [0.1, 0.15) is 35.7 Å². The van der Waals surface area contributed by atoms with Crippen molar-refractivity contribution in [3.05, 3.63) is 42.2 Å². The molecule has 2 rings (SSSR count). The van der Waals surface area contributed by atoms with Crippen LogP contribution in [0.5, 0.6) is 0 Å². The van der Waals surface area contributed by atoms with Gasteiger partial charge in [-0.15, -0.1) is 0 Å². The summed E-state index contributed by atoms with van der Waals surface area (Å²) in [6, 6.07) is 3.37. The van der Waals surface area contributed by atoms with Gasteiger partial charge in [-0.2, -0.15) is 0 Å². The third-order valence-electron chi connectivity index (χ3n) is 2.85. The lowest BCUT2D eigenvalue weighted by molar-refractivity contribution is 0.0929. The van der Waals surface area contributed by atoms with Crippen LogP contribution in [0.15, 0.2) is 30.7 Å². The van der Waals surface area contributed by atoms with Crippen LogP contribution < -0.4 is 10.6 Å². The smallest absolute Gasteiger partial charge is 0.270 e. The Balaban J connectivity index is 2.06. The summed E-state index contributed by atoms with van der Waals surface area (Å²) in [5, 5.41) is 5.87. The Kier molecular flexibility index (Phi) is 4.12. The second kappa shape index (κ2) is 5.99. The number of amides is 1. The van der Waals surface area contributed by atoms with Gasteiger partial charge in [0.05, 0.1) is 17.9 Å². The normalized spacial score (nSPS) is 11.9.